The second kappa shape index (κ2) is 27.0. The van der Waals surface area contributed by atoms with Crippen LogP contribution in [-0.4, -0.2) is 102 Å². The number of aliphatic hydroxyl groups excluding tert-OH is 2. The monoisotopic (exact) mass is 1070 g/mol. The number of ketones is 1. The summed E-state index contributed by atoms with van der Waals surface area (Å²) in [6, 6.07) is 0. The molecule has 1 unspecified atom stereocenters. The van der Waals surface area contributed by atoms with Crippen molar-refractivity contribution in [1.29, 1.82) is 0 Å². The maximum Gasteiger partial charge on any atom is 0.192 e. The fraction of sp³-hybridized carbons (Fsp3) is 0.982. The molecule has 0 aromatic rings. The van der Waals surface area contributed by atoms with Crippen LogP contribution in [0.1, 0.15) is 198 Å². The first kappa shape index (κ1) is 73.7. The topological polar surface area (TPSA) is 104 Å². The van der Waals surface area contributed by atoms with Crippen LogP contribution in [0.25, 0.3) is 0 Å². The van der Waals surface area contributed by atoms with Gasteiger partial charge in [0.1, 0.15) is 5.78 Å². The molecule has 4 atom stereocenters. The van der Waals surface area contributed by atoms with Crippen LogP contribution in [0.4, 0.5) is 0 Å². The maximum atomic E-state index is 12.6. The molecule has 0 rings (SSSR count). The number of hydrogen-bond donors (Lipinski definition) is 2. The van der Waals surface area contributed by atoms with Crippen LogP contribution >= 0.6 is 0 Å². The van der Waals surface area contributed by atoms with E-state index in [1.165, 1.54) is 0 Å². The van der Waals surface area contributed by atoms with E-state index in [1.54, 1.807) is 0 Å². The lowest BCUT2D eigenvalue weighted by molar-refractivity contribution is -0.132. The smallest absolute Gasteiger partial charge is 0.192 e. The van der Waals surface area contributed by atoms with Crippen LogP contribution in [0.5, 0.6) is 0 Å². The molecular weight excluding hydrogens is 941 g/mol. The molecule has 0 aromatic heterocycles. The molecule has 13 heteroatoms. The largest absolute Gasteiger partial charge is 0.417 e. The van der Waals surface area contributed by atoms with Crippen LogP contribution in [0.3, 0.4) is 0 Å². The number of hydrogen-bond acceptors (Lipinski definition) is 8. The average molecular weight is 1070 g/mol. The summed E-state index contributed by atoms with van der Waals surface area (Å²) in [5, 5.41) is 20.9. The van der Waals surface area contributed by atoms with Crippen molar-refractivity contribution in [3.05, 3.63) is 0 Å². The minimum atomic E-state index is -1.97. The first-order valence-electron chi connectivity index (χ1n) is 27.1. The molecule has 0 fully saturated rings. The molecule has 418 valence electrons. The predicted octanol–water partition coefficient (Wildman–Crippen LogP) is 17.4. The van der Waals surface area contributed by atoms with Crippen LogP contribution in [0.15, 0.2) is 0 Å². The van der Waals surface area contributed by atoms with Gasteiger partial charge in [-0.1, -0.05) is 166 Å². The zero-order valence-corrected chi connectivity index (χ0v) is 58.0. The van der Waals surface area contributed by atoms with Gasteiger partial charge in [0.15, 0.2) is 41.6 Å². The minimum absolute atomic E-state index is 0.00288. The molecule has 2 N–H and O–H groups in total. The SMILES string of the molecule is CCC(=O)C(C)(C)[C@H](CCO[Si](C)(C)C(C)(C)C)O[Si](C)(C)C(C)(C)C.CCC(O)C(C)(C)[C@H](CCO[Si](C)(C)C(C)(C)C)O[Si](C)(C)C(C)(C)C.C[C@@H](CCO[Si](C)(C)C(C)(C)C)C(C)(C)CO. The number of carbonyl (C=O) groups is 1. The summed E-state index contributed by atoms with van der Waals surface area (Å²) in [5.74, 6) is 0.755. The molecule has 0 bridgehead atoms. The molecule has 0 amide bonds. The average Bonchev–Trinajstić information content (AvgIpc) is 3.14. The Labute approximate surface area is 438 Å². The lowest BCUT2D eigenvalue weighted by atomic mass is 9.78. The van der Waals surface area contributed by atoms with E-state index >= 15 is 0 Å². The van der Waals surface area contributed by atoms with Gasteiger partial charge in [-0.3, -0.25) is 4.79 Å². The molecule has 0 spiro atoms. The Morgan fingerprint density at radius 1 is 0.464 bits per heavy atom. The summed E-state index contributed by atoms with van der Waals surface area (Å²) in [5.41, 5.74) is -0.779. The van der Waals surface area contributed by atoms with E-state index in [-0.39, 0.29) is 66.7 Å². The van der Waals surface area contributed by atoms with Gasteiger partial charge in [0.25, 0.3) is 0 Å². The number of carbonyl (C=O) groups excluding carboxylic acids is 1. The zero-order valence-electron chi connectivity index (χ0n) is 53.0. The summed E-state index contributed by atoms with van der Waals surface area (Å²) >= 11 is 0. The highest BCUT2D eigenvalue weighted by Crippen LogP contribution is 2.45. The van der Waals surface area contributed by atoms with Crippen LogP contribution in [0.2, 0.25) is 90.7 Å². The molecule has 0 radical (unpaired) electrons. The molecule has 0 aliphatic rings. The lowest BCUT2D eigenvalue weighted by Gasteiger charge is -2.46. The van der Waals surface area contributed by atoms with Gasteiger partial charge in [-0.25, -0.2) is 0 Å². The molecule has 8 nitrogen and oxygen atoms in total. The highest BCUT2D eigenvalue weighted by molar-refractivity contribution is 6.75. The fourth-order valence-corrected chi connectivity index (χ4v) is 12.3. The van der Waals surface area contributed by atoms with Crippen molar-refractivity contribution in [2.24, 2.45) is 22.2 Å². The number of Topliss-reactive ketones (excluding diaryl/α,β-unsaturated/α-hetero) is 1. The van der Waals surface area contributed by atoms with E-state index in [0.29, 0.717) is 25.6 Å². The van der Waals surface area contributed by atoms with Gasteiger partial charge < -0.3 is 32.3 Å². The third-order valence-corrected chi connectivity index (χ3v) is 40.9. The van der Waals surface area contributed by atoms with Crippen molar-refractivity contribution in [2.45, 2.75) is 307 Å². The van der Waals surface area contributed by atoms with Gasteiger partial charge in [-0.05, 0) is 128 Å². The highest BCUT2D eigenvalue weighted by Gasteiger charge is 2.47. The summed E-state index contributed by atoms with van der Waals surface area (Å²) in [6.45, 7) is 78.0. The Hall–Kier alpha value is 0.474. The van der Waals surface area contributed by atoms with Gasteiger partial charge in [0, 0.05) is 43.7 Å². The fourth-order valence-electron chi connectivity index (χ4n) is 6.12. The first-order chi connectivity index (χ1) is 30.0. The van der Waals surface area contributed by atoms with E-state index in [4.69, 9.17) is 22.1 Å². The summed E-state index contributed by atoms with van der Waals surface area (Å²) in [6.07, 6.45) is 3.47. The summed E-state index contributed by atoms with van der Waals surface area (Å²) in [4.78, 5) is 12.6. The second-order valence-corrected chi connectivity index (χ2v) is 54.2. The van der Waals surface area contributed by atoms with E-state index in [0.717, 1.165) is 32.3 Å². The van der Waals surface area contributed by atoms with Crippen molar-refractivity contribution >= 4 is 47.4 Å². The van der Waals surface area contributed by atoms with Gasteiger partial charge in [-0.2, -0.15) is 0 Å². The Bertz CT molecular complexity index is 1470. The van der Waals surface area contributed by atoms with Crippen LogP contribution in [0, 0.1) is 22.2 Å². The van der Waals surface area contributed by atoms with E-state index < -0.39 is 47.0 Å². The third kappa shape index (κ3) is 23.5. The molecular formula is C56H126O8Si5. The summed E-state index contributed by atoms with van der Waals surface area (Å²) < 4.78 is 32.5. The molecule has 0 saturated carbocycles. The zero-order chi connectivity index (χ0) is 56.3. The Morgan fingerprint density at radius 2 is 0.739 bits per heavy atom. The summed E-state index contributed by atoms with van der Waals surface area (Å²) in [7, 11) is -9.05. The normalized spacial score (nSPS) is 16.5. The molecule has 0 aliphatic carbocycles. The second-order valence-electron chi connectivity index (χ2n) is 30.2. The molecule has 0 saturated heterocycles. The highest BCUT2D eigenvalue weighted by atomic mass is 28.4. The Balaban J connectivity index is -0.000000971. The van der Waals surface area contributed by atoms with Gasteiger partial charge in [-0.15, -0.1) is 0 Å². The molecule has 0 aromatic carbocycles. The first-order valence-corrected chi connectivity index (χ1v) is 41.7. The molecule has 69 heavy (non-hydrogen) atoms. The van der Waals surface area contributed by atoms with Crippen LogP contribution < -0.4 is 0 Å². The molecule has 0 heterocycles. The van der Waals surface area contributed by atoms with Gasteiger partial charge >= 0.3 is 0 Å². The standard InChI is InChI=1S/C21H48O3Si2.C21H46O3Si2.C14H32O2Si/c2*1-14-17(22)21(8,9)18(24-26(12,13)20(5,6)7)15-16-23-25(10,11)19(2,3)4;1-12(14(5,6)11-15)9-10-16-17(7,8)13(2,3)4/h17-18,22H,14-16H2,1-13H3;18H,14-16H2,1-13H3;12,15H,9-11H2,1-8H3/t17?,18-;18-;12-/m000/s1. The van der Waals surface area contributed by atoms with E-state index in [1.807, 2.05) is 27.7 Å². The Kier molecular flexibility index (Phi) is 28.8. The molecule has 0 aliphatic heterocycles. The maximum absolute atomic E-state index is 12.6. The van der Waals surface area contributed by atoms with Crippen LogP contribution in [-0.2, 0) is 26.9 Å². The van der Waals surface area contributed by atoms with Crippen molar-refractivity contribution in [2.75, 3.05) is 26.4 Å². The predicted molar refractivity (Wildman–Crippen MR) is 317 cm³/mol. The minimum Gasteiger partial charge on any atom is -0.417 e. The number of aliphatic hydroxyl groups is 2. The van der Waals surface area contributed by atoms with E-state index in [2.05, 4.69) is 204 Å². The van der Waals surface area contributed by atoms with Gasteiger partial charge in [0.05, 0.1) is 18.3 Å². The van der Waals surface area contributed by atoms with Crippen molar-refractivity contribution in [3.63, 3.8) is 0 Å². The quantitative estimate of drug-likeness (QED) is 0.0922. The Morgan fingerprint density at radius 3 is 1.00 bits per heavy atom. The lowest BCUT2D eigenvalue weighted by Crippen LogP contribution is -2.51. The van der Waals surface area contributed by atoms with E-state index in [9.17, 15) is 15.0 Å². The van der Waals surface area contributed by atoms with Crippen molar-refractivity contribution in [1.82, 2.24) is 0 Å². The third-order valence-electron chi connectivity index (χ3n) is 18.3. The van der Waals surface area contributed by atoms with Crippen molar-refractivity contribution in [3.8, 4) is 0 Å². The van der Waals surface area contributed by atoms with Gasteiger partial charge in [0.2, 0.25) is 0 Å². The van der Waals surface area contributed by atoms with Crippen molar-refractivity contribution < 1.29 is 37.1 Å². The number of rotatable bonds is 24.